The summed E-state index contributed by atoms with van der Waals surface area (Å²) in [4.78, 5) is 16.0. The molecule has 1 saturated carbocycles. The Labute approximate surface area is 179 Å². The maximum absolute atomic E-state index is 12.5. The molecule has 1 aliphatic carbocycles. The lowest BCUT2D eigenvalue weighted by molar-refractivity contribution is -0.150. The lowest BCUT2D eigenvalue weighted by Crippen LogP contribution is -2.33. The molecule has 1 fully saturated rings. The number of carbonyl (C=O) groups is 1. The van der Waals surface area contributed by atoms with E-state index in [1.165, 1.54) is 11.1 Å². The molecule has 0 unspecified atom stereocenters. The highest BCUT2D eigenvalue weighted by Crippen LogP contribution is 2.48. The Morgan fingerprint density at radius 2 is 1.97 bits per heavy atom. The summed E-state index contributed by atoms with van der Waals surface area (Å²) in [5.74, 6) is -0.301. The van der Waals surface area contributed by atoms with Crippen molar-refractivity contribution >= 4 is 17.4 Å². The highest BCUT2D eigenvalue weighted by atomic mass is 19.4. The van der Waals surface area contributed by atoms with E-state index in [2.05, 4.69) is 33.8 Å². The van der Waals surface area contributed by atoms with Crippen LogP contribution in [0.25, 0.3) is 0 Å². The van der Waals surface area contributed by atoms with E-state index < -0.39 is 18.5 Å². The summed E-state index contributed by atoms with van der Waals surface area (Å²) in [7, 11) is 0. The molecule has 1 amide bonds. The van der Waals surface area contributed by atoms with Gasteiger partial charge in [-0.3, -0.25) is 4.79 Å². The van der Waals surface area contributed by atoms with Crippen LogP contribution < -0.4 is 10.6 Å². The molecule has 31 heavy (non-hydrogen) atoms. The van der Waals surface area contributed by atoms with Gasteiger partial charge in [0.05, 0.1) is 17.9 Å². The van der Waals surface area contributed by atoms with Gasteiger partial charge in [0.25, 0.3) is 0 Å². The van der Waals surface area contributed by atoms with Crippen LogP contribution in [0.4, 0.5) is 24.7 Å². The van der Waals surface area contributed by atoms with Crippen molar-refractivity contribution in [3.05, 3.63) is 53.2 Å². The number of aryl methyl sites for hydroxylation is 1. The summed E-state index contributed by atoms with van der Waals surface area (Å²) >= 11 is 0. The molecule has 0 atom stereocenters. The molecule has 1 aromatic carbocycles. The third-order valence-electron chi connectivity index (χ3n) is 6.27. The first-order chi connectivity index (χ1) is 14.8. The van der Waals surface area contributed by atoms with Crippen molar-refractivity contribution in [1.82, 2.24) is 4.98 Å². The molecule has 5 nitrogen and oxygen atoms in total. The van der Waals surface area contributed by atoms with Gasteiger partial charge in [-0.05, 0) is 61.3 Å². The van der Waals surface area contributed by atoms with Gasteiger partial charge in [0.2, 0.25) is 5.91 Å². The first-order valence-electron chi connectivity index (χ1n) is 10.5. The van der Waals surface area contributed by atoms with Gasteiger partial charge in [0.15, 0.2) is 0 Å². The largest absolute Gasteiger partial charge is 0.397 e. The molecule has 8 heteroatoms. The van der Waals surface area contributed by atoms with Crippen molar-refractivity contribution in [2.75, 3.05) is 17.2 Å². The number of ether oxygens (including phenoxy) is 1. The average Bonchev–Trinajstić information content (AvgIpc) is 3.07. The summed E-state index contributed by atoms with van der Waals surface area (Å²) in [6.45, 7) is 3.03. The molecular weight excluding hydrogens is 407 g/mol. The number of hydrogen-bond donors (Lipinski definition) is 2. The van der Waals surface area contributed by atoms with Crippen LogP contribution in [0, 0.1) is 12.8 Å². The van der Waals surface area contributed by atoms with Crippen LogP contribution in [-0.4, -0.2) is 23.6 Å². The highest BCUT2D eigenvalue weighted by Gasteiger charge is 2.42. The monoisotopic (exact) mass is 433 g/mol. The maximum atomic E-state index is 12.5. The maximum Gasteiger partial charge on any atom is 0.397 e. The van der Waals surface area contributed by atoms with Crippen molar-refractivity contribution in [2.45, 2.75) is 57.4 Å². The number of fused-ring (bicyclic) bond motifs is 2. The van der Waals surface area contributed by atoms with Crippen LogP contribution in [0.3, 0.4) is 0 Å². The Morgan fingerprint density at radius 1 is 1.23 bits per heavy atom. The van der Waals surface area contributed by atoms with Gasteiger partial charge in [-0.2, -0.15) is 13.2 Å². The SMILES string of the molecule is Cc1ccnc(NCC2CCC3(CC2)OCc2ccccc23)c1NC(=O)CC(F)(F)F. The Bertz CT molecular complexity index is 953. The molecule has 1 aliphatic heterocycles. The van der Waals surface area contributed by atoms with Gasteiger partial charge < -0.3 is 15.4 Å². The van der Waals surface area contributed by atoms with Crippen LogP contribution in [0.1, 0.15) is 48.8 Å². The zero-order chi connectivity index (χ0) is 22.1. The summed E-state index contributed by atoms with van der Waals surface area (Å²) in [6, 6.07) is 10.0. The molecule has 2 heterocycles. The van der Waals surface area contributed by atoms with Gasteiger partial charge >= 0.3 is 6.18 Å². The molecular formula is C23H26F3N3O2. The van der Waals surface area contributed by atoms with Crippen molar-refractivity contribution in [3.8, 4) is 0 Å². The molecule has 2 N–H and O–H groups in total. The van der Waals surface area contributed by atoms with Crippen LogP contribution in [-0.2, 0) is 21.7 Å². The fourth-order valence-electron chi connectivity index (χ4n) is 4.60. The molecule has 0 radical (unpaired) electrons. The van der Waals surface area contributed by atoms with Crippen LogP contribution >= 0.6 is 0 Å². The Hall–Kier alpha value is -2.61. The molecule has 2 aliphatic rings. The number of alkyl halides is 3. The number of nitrogens with zero attached hydrogens (tertiary/aromatic N) is 1. The minimum absolute atomic E-state index is 0.189. The minimum atomic E-state index is -4.55. The van der Waals surface area contributed by atoms with Gasteiger partial charge in [-0.1, -0.05) is 24.3 Å². The standard InChI is InChI=1S/C23H26F3N3O2/c1-15-8-11-27-21(20(15)29-19(30)12-23(24,25)26)28-13-16-6-9-22(10-7-16)18-5-3-2-4-17(18)14-31-22/h2-5,8,11,16H,6-7,9-10,12-14H2,1H3,(H,27,28)(H,29,30). The summed E-state index contributed by atoms with van der Waals surface area (Å²) in [5, 5.41) is 5.61. The van der Waals surface area contributed by atoms with Gasteiger partial charge in [-0.25, -0.2) is 4.98 Å². The zero-order valence-electron chi connectivity index (χ0n) is 17.4. The lowest BCUT2D eigenvalue weighted by Gasteiger charge is -2.37. The summed E-state index contributed by atoms with van der Waals surface area (Å²) in [5.41, 5.74) is 3.34. The second-order valence-corrected chi connectivity index (χ2v) is 8.46. The van der Waals surface area contributed by atoms with Crippen molar-refractivity contribution in [2.24, 2.45) is 5.92 Å². The van der Waals surface area contributed by atoms with Crippen LogP contribution in [0.15, 0.2) is 36.5 Å². The number of anilines is 2. The molecule has 2 aromatic rings. The molecule has 166 valence electrons. The number of benzene rings is 1. The average molecular weight is 433 g/mol. The zero-order valence-corrected chi connectivity index (χ0v) is 17.4. The van der Waals surface area contributed by atoms with Crippen molar-refractivity contribution < 1.29 is 22.7 Å². The van der Waals surface area contributed by atoms with E-state index in [0.717, 1.165) is 25.7 Å². The van der Waals surface area contributed by atoms with E-state index in [4.69, 9.17) is 4.74 Å². The van der Waals surface area contributed by atoms with Crippen molar-refractivity contribution in [1.29, 1.82) is 0 Å². The lowest BCUT2D eigenvalue weighted by atomic mass is 9.75. The summed E-state index contributed by atoms with van der Waals surface area (Å²) in [6.07, 6.45) is -0.665. The Balaban J connectivity index is 1.37. The van der Waals surface area contributed by atoms with E-state index in [9.17, 15) is 18.0 Å². The third kappa shape index (κ3) is 4.84. The number of rotatable bonds is 5. The number of carbonyl (C=O) groups excluding carboxylic acids is 1. The second-order valence-electron chi connectivity index (χ2n) is 8.46. The topological polar surface area (TPSA) is 63.3 Å². The number of aromatic nitrogens is 1. The van der Waals surface area contributed by atoms with Crippen molar-refractivity contribution in [3.63, 3.8) is 0 Å². The molecule has 0 bridgehead atoms. The Kier molecular flexibility index (Phi) is 5.92. The van der Waals surface area contributed by atoms with Crippen LogP contribution in [0.5, 0.6) is 0 Å². The molecule has 1 aromatic heterocycles. The smallest absolute Gasteiger partial charge is 0.368 e. The van der Waals surface area contributed by atoms with E-state index in [-0.39, 0.29) is 5.60 Å². The normalized spacial score (nSPS) is 22.9. The van der Waals surface area contributed by atoms with Gasteiger partial charge in [0.1, 0.15) is 12.2 Å². The Morgan fingerprint density at radius 3 is 2.71 bits per heavy atom. The first-order valence-corrected chi connectivity index (χ1v) is 10.5. The minimum Gasteiger partial charge on any atom is -0.368 e. The van der Waals surface area contributed by atoms with E-state index in [0.29, 0.717) is 36.1 Å². The number of nitrogens with one attached hydrogen (secondary N) is 2. The van der Waals surface area contributed by atoms with Gasteiger partial charge in [0, 0.05) is 12.7 Å². The number of hydrogen-bond acceptors (Lipinski definition) is 4. The van der Waals surface area contributed by atoms with E-state index >= 15 is 0 Å². The quantitative estimate of drug-likeness (QED) is 0.671. The number of amides is 1. The number of halogens is 3. The summed E-state index contributed by atoms with van der Waals surface area (Å²) < 4.78 is 43.8. The fourth-order valence-corrected chi connectivity index (χ4v) is 4.60. The predicted octanol–water partition coefficient (Wildman–Crippen LogP) is 5.31. The van der Waals surface area contributed by atoms with E-state index in [1.54, 1.807) is 19.2 Å². The van der Waals surface area contributed by atoms with Gasteiger partial charge in [-0.15, -0.1) is 0 Å². The first kappa shape index (κ1) is 21.6. The van der Waals surface area contributed by atoms with E-state index in [1.807, 2.05) is 6.07 Å². The highest BCUT2D eigenvalue weighted by molar-refractivity contribution is 5.94. The third-order valence-corrected chi connectivity index (χ3v) is 6.27. The fraction of sp³-hybridized carbons (Fsp3) is 0.478. The molecule has 1 spiro atoms. The molecule has 4 rings (SSSR count). The molecule has 0 saturated heterocycles. The second kappa shape index (κ2) is 8.49. The number of pyridine rings is 1. The van der Waals surface area contributed by atoms with Crippen LogP contribution in [0.2, 0.25) is 0 Å². The predicted molar refractivity (Wildman–Crippen MR) is 112 cm³/mol.